The molecule has 88 valence electrons. The molecule has 0 atom stereocenters. The maximum Gasteiger partial charge on any atom is 0.321 e. The minimum atomic E-state index is -0.0119. The highest BCUT2D eigenvalue weighted by Gasteiger charge is 2.11. The summed E-state index contributed by atoms with van der Waals surface area (Å²) >= 11 is 0. The Hall–Kier alpha value is -1.51. The van der Waals surface area contributed by atoms with Crippen molar-refractivity contribution in [3.63, 3.8) is 0 Å². The largest absolute Gasteiger partial charge is 0.338 e. The molecule has 0 bridgehead atoms. The third kappa shape index (κ3) is 3.57. The van der Waals surface area contributed by atoms with Crippen LogP contribution in [0.25, 0.3) is 0 Å². The molecule has 1 rings (SSSR count). The smallest absolute Gasteiger partial charge is 0.321 e. The number of hydrogen-bond donors (Lipinski definition) is 1. The monoisotopic (exact) mass is 220 g/mol. The number of anilines is 1. The third-order valence-electron chi connectivity index (χ3n) is 2.44. The molecule has 0 saturated carbocycles. The summed E-state index contributed by atoms with van der Waals surface area (Å²) in [4.78, 5) is 13.6. The maximum absolute atomic E-state index is 11.9. The van der Waals surface area contributed by atoms with Gasteiger partial charge in [-0.1, -0.05) is 31.5 Å². The van der Waals surface area contributed by atoms with Crippen molar-refractivity contribution in [1.82, 2.24) is 5.32 Å². The molecule has 0 fully saturated rings. The van der Waals surface area contributed by atoms with Gasteiger partial charge in [-0.2, -0.15) is 0 Å². The quantitative estimate of drug-likeness (QED) is 0.760. The topological polar surface area (TPSA) is 32.3 Å². The molecule has 0 unspecified atom stereocenters. The van der Waals surface area contributed by atoms with Crippen LogP contribution >= 0.6 is 0 Å². The molecule has 3 heteroatoms. The van der Waals surface area contributed by atoms with Crippen LogP contribution in [0.15, 0.2) is 30.3 Å². The van der Waals surface area contributed by atoms with Gasteiger partial charge in [0.05, 0.1) is 0 Å². The van der Waals surface area contributed by atoms with E-state index in [-0.39, 0.29) is 6.03 Å². The Morgan fingerprint density at radius 3 is 2.50 bits per heavy atom. The molecule has 0 aromatic heterocycles. The van der Waals surface area contributed by atoms with Crippen molar-refractivity contribution in [2.75, 3.05) is 18.0 Å². The van der Waals surface area contributed by atoms with Crippen molar-refractivity contribution < 1.29 is 4.79 Å². The molecular weight excluding hydrogens is 200 g/mol. The number of benzene rings is 1. The van der Waals surface area contributed by atoms with E-state index < -0.39 is 0 Å². The van der Waals surface area contributed by atoms with Gasteiger partial charge in [0.15, 0.2) is 0 Å². The predicted molar refractivity (Wildman–Crippen MR) is 67.8 cm³/mol. The second-order valence-corrected chi connectivity index (χ2v) is 3.67. The average Bonchev–Trinajstić information content (AvgIpc) is 2.32. The predicted octanol–water partition coefficient (Wildman–Crippen LogP) is 3.02. The van der Waals surface area contributed by atoms with E-state index in [9.17, 15) is 4.79 Å². The van der Waals surface area contributed by atoms with Gasteiger partial charge in [0.1, 0.15) is 0 Å². The zero-order chi connectivity index (χ0) is 11.8. The lowest BCUT2D eigenvalue weighted by atomic mass is 10.3. The van der Waals surface area contributed by atoms with Gasteiger partial charge in [-0.05, 0) is 25.5 Å². The lowest BCUT2D eigenvalue weighted by Gasteiger charge is -2.21. The van der Waals surface area contributed by atoms with Gasteiger partial charge in [-0.25, -0.2) is 4.79 Å². The first kappa shape index (κ1) is 12.6. The molecule has 0 saturated heterocycles. The SMILES string of the molecule is CCCCNC(=O)N(CC)c1ccccc1. The molecule has 0 radical (unpaired) electrons. The number of para-hydroxylation sites is 1. The van der Waals surface area contributed by atoms with E-state index in [4.69, 9.17) is 0 Å². The van der Waals surface area contributed by atoms with Crippen LogP contribution in [0, 0.1) is 0 Å². The fourth-order valence-corrected chi connectivity index (χ4v) is 1.52. The van der Waals surface area contributed by atoms with Crippen LogP contribution in [0.3, 0.4) is 0 Å². The summed E-state index contributed by atoms with van der Waals surface area (Å²) in [6, 6.07) is 9.72. The van der Waals surface area contributed by atoms with E-state index in [1.165, 1.54) is 0 Å². The number of carbonyl (C=O) groups is 1. The Morgan fingerprint density at radius 2 is 1.94 bits per heavy atom. The van der Waals surface area contributed by atoms with E-state index in [1.54, 1.807) is 4.90 Å². The lowest BCUT2D eigenvalue weighted by molar-refractivity contribution is 0.246. The Bertz CT molecular complexity index is 311. The summed E-state index contributed by atoms with van der Waals surface area (Å²) in [5.74, 6) is 0. The minimum Gasteiger partial charge on any atom is -0.338 e. The second-order valence-electron chi connectivity index (χ2n) is 3.67. The summed E-state index contributed by atoms with van der Waals surface area (Å²) in [5, 5.41) is 2.92. The van der Waals surface area contributed by atoms with Gasteiger partial charge in [-0.3, -0.25) is 4.90 Å². The number of amides is 2. The molecule has 0 spiro atoms. The fourth-order valence-electron chi connectivity index (χ4n) is 1.52. The molecule has 0 aliphatic heterocycles. The van der Waals surface area contributed by atoms with Crippen molar-refractivity contribution in [3.05, 3.63) is 30.3 Å². The number of hydrogen-bond acceptors (Lipinski definition) is 1. The normalized spacial score (nSPS) is 9.88. The Kier molecular flexibility index (Phi) is 5.40. The standard InChI is InChI=1S/C13H20N2O/c1-3-5-11-14-13(16)15(4-2)12-9-7-6-8-10-12/h6-10H,3-5,11H2,1-2H3,(H,14,16). The van der Waals surface area contributed by atoms with Crippen LogP contribution in [0.1, 0.15) is 26.7 Å². The molecule has 1 aromatic carbocycles. The number of urea groups is 1. The van der Waals surface area contributed by atoms with Gasteiger partial charge in [0.25, 0.3) is 0 Å². The fraction of sp³-hybridized carbons (Fsp3) is 0.462. The Labute approximate surface area is 97.5 Å². The van der Waals surface area contributed by atoms with Crippen molar-refractivity contribution in [2.24, 2.45) is 0 Å². The number of carbonyl (C=O) groups excluding carboxylic acids is 1. The summed E-state index contributed by atoms with van der Waals surface area (Å²) in [5.41, 5.74) is 0.944. The molecule has 0 aliphatic rings. The zero-order valence-corrected chi connectivity index (χ0v) is 10.1. The highest BCUT2D eigenvalue weighted by atomic mass is 16.2. The molecule has 1 aromatic rings. The van der Waals surface area contributed by atoms with Gasteiger partial charge >= 0.3 is 6.03 Å². The first-order valence-electron chi connectivity index (χ1n) is 5.90. The first-order chi connectivity index (χ1) is 7.79. The Balaban J connectivity index is 2.57. The molecule has 0 aliphatic carbocycles. The highest BCUT2D eigenvalue weighted by molar-refractivity contribution is 5.91. The summed E-state index contributed by atoms with van der Waals surface area (Å²) < 4.78 is 0. The van der Waals surface area contributed by atoms with Crippen molar-refractivity contribution in [3.8, 4) is 0 Å². The summed E-state index contributed by atoms with van der Waals surface area (Å²) in [7, 11) is 0. The van der Waals surface area contributed by atoms with Crippen molar-refractivity contribution in [1.29, 1.82) is 0 Å². The van der Waals surface area contributed by atoms with Crippen LogP contribution < -0.4 is 10.2 Å². The van der Waals surface area contributed by atoms with Gasteiger partial charge in [0.2, 0.25) is 0 Å². The van der Waals surface area contributed by atoms with Crippen molar-refractivity contribution >= 4 is 11.7 Å². The summed E-state index contributed by atoms with van der Waals surface area (Å²) in [6.07, 6.45) is 2.12. The minimum absolute atomic E-state index is 0.0119. The molecule has 16 heavy (non-hydrogen) atoms. The second kappa shape index (κ2) is 6.88. The number of nitrogens with zero attached hydrogens (tertiary/aromatic N) is 1. The van der Waals surface area contributed by atoms with Crippen molar-refractivity contribution in [2.45, 2.75) is 26.7 Å². The number of unbranched alkanes of at least 4 members (excludes halogenated alkanes) is 1. The first-order valence-corrected chi connectivity index (χ1v) is 5.90. The van der Waals surface area contributed by atoms with Crippen LogP contribution in [-0.4, -0.2) is 19.1 Å². The lowest BCUT2D eigenvalue weighted by Crippen LogP contribution is -2.40. The van der Waals surface area contributed by atoms with E-state index in [2.05, 4.69) is 12.2 Å². The number of rotatable bonds is 5. The average molecular weight is 220 g/mol. The van der Waals surface area contributed by atoms with E-state index >= 15 is 0 Å². The van der Waals surface area contributed by atoms with Gasteiger partial charge in [0, 0.05) is 18.8 Å². The van der Waals surface area contributed by atoms with E-state index in [0.717, 1.165) is 25.1 Å². The molecule has 0 heterocycles. The molecule has 3 nitrogen and oxygen atoms in total. The maximum atomic E-state index is 11.9. The van der Waals surface area contributed by atoms with Gasteiger partial charge < -0.3 is 5.32 Å². The van der Waals surface area contributed by atoms with Crippen LogP contribution in [0.2, 0.25) is 0 Å². The molecular formula is C13H20N2O. The highest BCUT2D eigenvalue weighted by Crippen LogP contribution is 2.12. The third-order valence-corrected chi connectivity index (χ3v) is 2.44. The van der Waals surface area contributed by atoms with Crippen LogP contribution in [0.5, 0.6) is 0 Å². The summed E-state index contributed by atoms with van der Waals surface area (Å²) in [6.45, 7) is 5.52. The van der Waals surface area contributed by atoms with Crippen LogP contribution in [0.4, 0.5) is 10.5 Å². The molecule has 1 N–H and O–H groups in total. The number of nitrogens with one attached hydrogen (secondary N) is 1. The Morgan fingerprint density at radius 1 is 1.25 bits per heavy atom. The zero-order valence-electron chi connectivity index (χ0n) is 10.1. The van der Waals surface area contributed by atoms with E-state index in [1.807, 2.05) is 37.3 Å². The van der Waals surface area contributed by atoms with Gasteiger partial charge in [-0.15, -0.1) is 0 Å². The van der Waals surface area contributed by atoms with Crippen LogP contribution in [-0.2, 0) is 0 Å². The van der Waals surface area contributed by atoms with E-state index in [0.29, 0.717) is 6.54 Å². The molecule has 2 amide bonds.